The van der Waals surface area contributed by atoms with E-state index in [1.807, 2.05) is 6.07 Å². The van der Waals surface area contributed by atoms with Gasteiger partial charge in [0.15, 0.2) is 12.2 Å². The number of nitrogens with zero attached hydrogens (tertiary/aromatic N) is 2. The molecule has 3 rings (SSSR count). The Morgan fingerprint density at radius 2 is 2.08 bits per heavy atom. The molecule has 0 radical (unpaired) electrons. The van der Waals surface area contributed by atoms with Gasteiger partial charge in [-0.2, -0.15) is 0 Å². The Hall–Kier alpha value is -3.66. The molecule has 0 aliphatic rings. The zero-order valence-corrected chi connectivity index (χ0v) is 12.3. The largest absolute Gasteiger partial charge is 0.449 e. The number of carbonyl (C=O) groups is 1. The number of aromatic nitrogens is 1. The highest BCUT2D eigenvalue weighted by Gasteiger charge is 2.22. The van der Waals surface area contributed by atoms with E-state index in [9.17, 15) is 14.9 Å². The second-order valence-electron chi connectivity index (χ2n) is 4.76. The molecule has 0 amide bonds. The lowest BCUT2D eigenvalue weighted by Gasteiger charge is -2.01. The molecule has 0 saturated carbocycles. The van der Waals surface area contributed by atoms with Gasteiger partial charge in [0, 0.05) is 17.7 Å². The van der Waals surface area contributed by atoms with Gasteiger partial charge in [0.05, 0.1) is 4.92 Å². The molecule has 0 aliphatic heterocycles. The number of nitro groups is 1. The number of carbonyl (C=O) groups excluding carboxylic acids is 1. The summed E-state index contributed by atoms with van der Waals surface area (Å²) in [5, 5.41) is 11.1. The number of hydrogen-bond donors (Lipinski definition) is 0. The quantitative estimate of drug-likeness (QED) is 0.317. The van der Waals surface area contributed by atoms with E-state index in [-0.39, 0.29) is 34.8 Å². The van der Waals surface area contributed by atoms with Crippen LogP contribution in [0.5, 0.6) is 0 Å². The third kappa shape index (κ3) is 2.80. The summed E-state index contributed by atoms with van der Waals surface area (Å²) in [7, 11) is 0. The topological polar surface area (TPSA) is 95.5 Å². The van der Waals surface area contributed by atoms with E-state index in [1.54, 1.807) is 24.3 Å². The second-order valence-corrected chi connectivity index (χ2v) is 4.76. The Kier molecular flexibility index (Phi) is 3.95. The van der Waals surface area contributed by atoms with Crippen molar-refractivity contribution in [3.63, 3.8) is 0 Å². The highest BCUT2D eigenvalue weighted by atomic mass is 16.6. The van der Waals surface area contributed by atoms with Gasteiger partial charge >= 0.3 is 5.97 Å². The molecule has 118 valence electrons. The number of hydrogen-bond acceptors (Lipinski definition) is 6. The molecule has 0 atom stereocenters. The monoisotopic (exact) mass is 322 g/mol. The van der Waals surface area contributed by atoms with Gasteiger partial charge in [-0.3, -0.25) is 10.1 Å². The van der Waals surface area contributed by atoms with E-state index in [2.05, 4.69) is 10.9 Å². The molecule has 7 nitrogen and oxygen atoms in total. The lowest BCUT2D eigenvalue weighted by Crippen LogP contribution is -2.06. The van der Waals surface area contributed by atoms with Crippen LogP contribution in [0.15, 0.2) is 46.9 Å². The van der Waals surface area contributed by atoms with Crippen molar-refractivity contribution < 1.29 is 18.9 Å². The maximum Gasteiger partial charge on any atom is 0.343 e. The van der Waals surface area contributed by atoms with Crippen LogP contribution >= 0.6 is 0 Å². The average molecular weight is 322 g/mol. The van der Waals surface area contributed by atoms with Crippen molar-refractivity contribution in [2.24, 2.45) is 0 Å². The van der Waals surface area contributed by atoms with Crippen molar-refractivity contribution in [1.82, 2.24) is 4.98 Å². The second kappa shape index (κ2) is 6.22. The number of non-ortho nitro benzene ring substituents is 1. The van der Waals surface area contributed by atoms with E-state index in [0.29, 0.717) is 5.56 Å². The van der Waals surface area contributed by atoms with Gasteiger partial charge in [-0.05, 0) is 12.1 Å². The van der Waals surface area contributed by atoms with E-state index in [1.165, 1.54) is 6.07 Å². The van der Waals surface area contributed by atoms with Gasteiger partial charge in [0.2, 0.25) is 5.89 Å². The minimum atomic E-state index is -0.808. The number of oxazole rings is 1. The fourth-order valence-corrected chi connectivity index (χ4v) is 2.16. The number of nitro benzene ring substituents is 1. The predicted molar refractivity (Wildman–Crippen MR) is 85.2 cm³/mol. The number of terminal acetylenes is 1. The molecule has 24 heavy (non-hydrogen) atoms. The maximum atomic E-state index is 12.1. The summed E-state index contributed by atoms with van der Waals surface area (Å²) in [4.78, 5) is 26.8. The van der Waals surface area contributed by atoms with Crippen LogP contribution in [0.4, 0.5) is 5.69 Å². The summed E-state index contributed by atoms with van der Waals surface area (Å²) in [5.74, 6) is 1.60. The first-order chi connectivity index (χ1) is 11.6. The zero-order valence-electron chi connectivity index (χ0n) is 12.3. The number of fused-ring (bicyclic) bond motifs is 1. The molecule has 1 aromatic heterocycles. The normalized spacial score (nSPS) is 10.3. The van der Waals surface area contributed by atoms with Gasteiger partial charge in [0.1, 0.15) is 11.1 Å². The van der Waals surface area contributed by atoms with Crippen LogP contribution in [0, 0.1) is 22.5 Å². The molecule has 7 heteroatoms. The zero-order chi connectivity index (χ0) is 17.1. The molecule has 0 fully saturated rings. The molecule has 0 aliphatic carbocycles. The summed E-state index contributed by atoms with van der Waals surface area (Å²) in [6.07, 6.45) is 5.05. The van der Waals surface area contributed by atoms with E-state index in [4.69, 9.17) is 15.6 Å². The molecule has 3 aromatic rings. The molecule has 0 unspecified atom stereocenters. The SMILES string of the molecule is C#CCOC(=O)c1cc([N+](=O)[O-])cc2nc(-c3ccccc3)oc12. The summed E-state index contributed by atoms with van der Waals surface area (Å²) in [6.45, 7) is -0.247. The molecule has 2 aromatic carbocycles. The number of esters is 1. The smallest absolute Gasteiger partial charge is 0.343 e. The van der Waals surface area contributed by atoms with Crippen molar-refractivity contribution in [2.45, 2.75) is 0 Å². The molecule has 0 N–H and O–H groups in total. The third-order valence-corrected chi connectivity index (χ3v) is 3.21. The first-order valence-corrected chi connectivity index (χ1v) is 6.85. The first-order valence-electron chi connectivity index (χ1n) is 6.85. The van der Waals surface area contributed by atoms with Crippen LogP contribution in [-0.2, 0) is 4.74 Å². The average Bonchev–Trinajstić information content (AvgIpc) is 3.03. The highest BCUT2D eigenvalue weighted by Crippen LogP contribution is 2.30. The molecular weight excluding hydrogens is 312 g/mol. The molecule has 1 heterocycles. The Balaban J connectivity index is 2.17. The third-order valence-electron chi connectivity index (χ3n) is 3.21. The fraction of sp³-hybridized carbons (Fsp3) is 0.0588. The first kappa shape index (κ1) is 15.2. The molecular formula is C17H10N2O5. The predicted octanol–water partition coefficient (Wildman–Crippen LogP) is 3.19. The highest BCUT2D eigenvalue weighted by molar-refractivity contribution is 6.02. The number of ether oxygens (including phenoxy) is 1. The van der Waals surface area contributed by atoms with Gasteiger partial charge < -0.3 is 9.15 Å². The standard InChI is InChI=1S/C17H10N2O5/c1-2-8-23-17(20)13-9-12(19(21)22)10-14-15(13)24-16(18-14)11-6-4-3-5-7-11/h1,3-7,9-10H,8H2. The summed E-state index contributed by atoms with van der Waals surface area (Å²) in [6, 6.07) is 11.3. The van der Waals surface area contributed by atoms with Crippen molar-refractivity contribution in [2.75, 3.05) is 6.61 Å². The Morgan fingerprint density at radius 3 is 2.75 bits per heavy atom. The lowest BCUT2D eigenvalue weighted by atomic mass is 10.1. The Morgan fingerprint density at radius 1 is 1.33 bits per heavy atom. The van der Waals surface area contributed by atoms with Crippen molar-refractivity contribution in [1.29, 1.82) is 0 Å². The van der Waals surface area contributed by atoms with Crippen LogP contribution in [0.25, 0.3) is 22.6 Å². The maximum absolute atomic E-state index is 12.1. The Labute approximate surface area is 136 Å². The minimum absolute atomic E-state index is 0.0934. The van der Waals surface area contributed by atoms with Gasteiger partial charge in [-0.25, -0.2) is 9.78 Å². The van der Waals surface area contributed by atoms with Crippen molar-refractivity contribution in [3.05, 3.63) is 58.1 Å². The number of rotatable bonds is 4. The molecule has 0 saturated heterocycles. The van der Waals surface area contributed by atoms with E-state index in [0.717, 1.165) is 6.07 Å². The van der Waals surface area contributed by atoms with Crippen molar-refractivity contribution in [3.8, 4) is 23.8 Å². The Bertz CT molecular complexity index is 970. The summed E-state index contributed by atoms with van der Waals surface area (Å²) in [5.41, 5.74) is 0.601. The van der Waals surface area contributed by atoms with Crippen LogP contribution in [-0.4, -0.2) is 22.5 Å². The van der Waals surface area contributed by atoms with E-state index < -0.39 is 10.9 Å². The van der Waals surface area contributed by atoms with Crippen LogP contribution < -0.4 is 0 Å². The van der Waals surface area contributed by atoms with Crippen LogP contribution in [0.2, 0.25) is 0 Å². The summed E-state index contributed by atoms with van der Waals surface area (Å²) >= 11 is 0. The van der Waals surface area contributed by atoms with Crippen LogP contribution in [0.3, 0.4) is 0 Å². The van der Waals surface area contributed by atoms with Gasteiger partial charge in [-0.15, -0.1) is 6.42 Å². The molecule has 0 bridgehead atoms. The van der Waals surface area contributed by atoms with Crippen molar-refractivity contribution >= 4 is 22.8 Å². The van der Waals surface area contributed by atoms with Gasteiger partial charge in [-0.1, -0.05) is 24.1 Å². The van der Waals surface area contributed by atoms with Gasteiger partial charge in [0.25, 0.3) is 5.69 Å². The molecule has 0 spiro atoms. The van der Waals surface area contributed by atoms with Crippen LogP contribution in [0.1, 0.15) is 10.4 Å². The minimum Gasteiger partial charge on any atom is -0.449 e. The van der Waals surface area contributed by atoms with E-state index >= 15 is 0 Å². The number of benzene rings is 2. The summed E-state index contributed by atoms with van der Waals surface area (Å²) < 4.78 is 10.5. The fourth-order valence-electron chi connectivity index (χ4n) is 2.16. The lowest BCUT2D eigenvalue weighted by molar-refractivity contribution is -0.384.